The van der Waals surface area contributed by atoms with Crippen LogP contribution in [0, 0.1) is 18.7 Å². The van der Waals surface area contributed by atoms with E-state index in [1.165, 1.54) is 13.0 Å². The van der Waals surface area contributed by atoms with E-state index in [1.807, 2.05) is 0 Å². The molecular formula is C12H17FN2O4S2. The Hall–Kier alpha value is -1.19. The van der Waals surface area contributed by atoms with Gasteiger partial charge in [0.2, 0.25) is 10.0 Å². The van der Waals surface area contributed by atoms with Gasteiger partial charge >= 0.3 is 0 Å². The van der Waals surface area contributed by atoms with Gasteiger partial charge in [-0.1, -0.05) is 0 Å². The van der Waals surface area contributed by atoms with Crippen LogP contribution in [0.25, 0.3) is 0 Å². The Bertz CT molecular complexity index is 736. The maximum absolute atomic E-state index is 13.4. The topological polar surface area (TPSA) is 106 Å². The molecule has 1 aromatic rings. The van der Waals surface area contributed by atoms with Crippen LogP contribution in [-0.4, -0.2) is 34.9 Å². The zero-order chi connectivity index (χ0) is 15.8. The first kappa shape index (κ1) is 16.2. The Morgan fingerprint density at radius 1 is 1.43 bits per heavy atom. The van der Waals surface area contributed by atoms with Gasteiger partial charge in [0.1, 0.15) is 5.82 Å². The van der Waals surface area contributed by atoms with Crippen LogP contribution in [0.5, 0.6) is 0 Å². The number of nitrogen functional groups attached to an aromatic ring is 1. The number of sulfone groups is 1. The zero-order valence-corrected chi connectivity index (χ0v) is 13.1. The molecule has 0 aromatic heterocycles. The molecule has 0 saturated carbocycles. The molecule has 1 unspecified atom stereocenters. The second-order valence-corrected chi connectivity index (χ2v) is 9.26. The number of halogens is 1. The van der Waals surface area contributed by atoms with E-state index in [4.69, 9.17) is 5.73 Å². The molecule has 118 valence electrons. The van der Waals surface area contributed by atoms with Gasteiger partial charge in [-0.15, -0.1) is 0 Å². The van der Waals surface area contributed by atoms with E-state index in [-0.39, 0.29) is 40.1 Å². The van der Waals surface area contributed by atoms with Crippen LogP contribution >= 0.6 is 0 Å². The minimum Gasteiger partial charge on any atom is -0.396 e. The van der Waals surface area contributed by atoms with Gasteiger partial charge < -0.3 is 5.73 Å². The lowest BCUT2D eigenvalue weighted by atomic mass is 10.1. The predicted octanol–water partition coefficient (Wildman–Crippen LogP) is 0.429. The van der Waals surface area contributed by atoms with Crippen LogP contribution < -0.4 is 10.5 Å². The third kappa shape index (κ3) is 3.72. The van der Waals surface area contributed by atoms with E-state index in [2.05, 4.69) is 4.72 Å². The molecule has 1 heterocycles. The second kappa shape index (κ2) is 5.54. The molecular weight excluding hydrogens is 319 g/mol. The number of rotatable bonds is 4. The fourth-order valence-corrected chi connectivity index (χ4v) is 5.36. The predicted molar refractivity (Wildman–Crippen MR) is 77.5 cm³/mol. The van der Waals surface area contributed by atoms with E-state index >= 15 is 0 Å². The lowest BCUT2D eigenvalue weighted by Crippen LogP contribution is -2.30. The van der Waals surface area contributed by atoms with Crippen LogP contribution in [0.1, 0.15) is 12.0 Å². The Labute approximate surface area is 123 Å². The van der Waals surface area contributed by atoms with Gasteiger partial charge in [-0.3, -0.25) is 0 Å². The van der Waals surface area contributed by atoms with Crippen molar-refractivity contribution >= 4 is 25.5 Å². The van der Waals surface area contributed by atoms with E-state index in [0.29, 0.717) is 6.42 Å². The molecule has 2 rings (SSSR count). The van der Waals surface area contributed by atoms with Gasteiger partial charge in [0, 0.05) is 6.54 Å². The van der Waals surface area contributed by atoms with Crippen LogP contribution in [0.4, 0.5) is 10.1 Å². The number of hydrogen-bond donors (Lipinski definition) is 2. The van der Waals surface area contributed by atoms with E-state index < -0.39 is 25.7 Å². The van der Waals surface area contributed by atoms with Crippen molar-refractivity contribution in [1.29, 1.82) is 0 Å². The fraction of sp³-hybridized carbons (Fsp3) is 0.500. The van der Waals surface area contributed by atoms with Gasteiger partial charge in [0.25, 0.3) is 0 Å². The standard InChI is InChI=1S/C12H17FN2O4S2/c1-8-4-10(5-11(14)12(8)13)21(18,19)15-6-9-2-3-20(16,17)7-9/h4-5,9,15H,2-3,6-7,14H2,1H3. The van der Waals surface area contributed by atoms with Crippen LogP contribution in [0.15, 0.2) is 17.0 Å². The Balaban J connectivity index is 2.12. The Kier molecular flexibility index (Phi) is 4.27. The summed E-state index contributed by atoms with van der Waals surface area (Å²) in [6.45, 7) is 1.46. The van der Waals surface area contributed by atoms with Crippen molar-refractivity contribution in [3.63, 3.8) is 0 Å². The minimum atomic E-state index is -3.84. The highest BCUT2D eigenvalue weighted by molar-refractivity contribution is 7.91. The van der Waals surface area contributed by atoms with Gasteiger partial charge in [0.05, 0.1) is 22.1 Å². The highest BCUT2D eigenvalue weighted by Gasteiger charge is 2.29. The second-order valence-electron chi connectivity index (χ2n) is 5.26. The molecule has 1 saturated heterocycles. The largest absolute Gasteiger partial charge is 0.396 e. The summed E-state index contributed by atoms with van der Waals surface area (Å²) < 4.78 is 62.7. The van der Waals surface area contributed by atoms with Crippen molar-refractivity contribution < 1.29 is 21.2 Å². The van der Waals surface area contributed by atoms with E-state index in [1.54, 1.807) is 0 Å². The lowest BCUT2D eigenvalue weighted by Gasteiger charge is -2.12. The summed E-state index contributed by atoms with van der Waals surface area (Å²) in [5.74, 6) is -0.804. The summed E-state index contributed by atoms with van der Waals surface area (Å²) >= 11 is 0. The van der Waals surface area contributed by atoms with Crippen molar-refractivity contribution in [2.75, 3.05) is 23.8 Å². The normalized spacial score (nSPS) is 21.5. The average molecular weight is 336 g/mol. The first-order valence-corrected chi connectivity index (χ1v) is 9.67. The molecule has 0 spiro atoms. The molecule has 0 aliphatic carbocycles. The summed E-state index contributed by atoms with van der Waals surface area (Å²) in [4.78, 5) is -0.125. The Morgan fingerprint density at radius 2 is 2.10 bits per heavy atom. The van der Waals surface area contributed by atoms with Crippen LogP contribution in [-0.2, 0) is 19.9 Å². The number of benzene rings is 1. The number of hydrogen-bond acceptors (Lipinski definition) is 5. The zero-order valence-electron chi connectivity index (χ0n) is 11.5. The number of sulfonamides is 1. The first-order chi connectivity index (χ1) is 9.61. The quantitative estimate of drug-likeness (QED) is 0.776. The van der Waals surface area contributed by atoms with Crippen molar-refractivity contribution in [2.45, 2.75) is 18.2 Å². The van der Waals surface area contributed by atoms with Crippen LogP contribution in [0.3, 0.4) is 0 Å². The minimum absolute atomic E-state index is 0.0138. The monoisotopic (exact) mass is 336 g/mol. The summed E-state index contributed by atoms with van der Waals surface area (Å²) in [7, 11) is -6.89. The molecule has 21 heavy (non-hydrogen) atoms. The van der Waals surface area contributed by atoms with E-state index in [0.717, 1.165) is 6.07 Å². The number of nitrogens with one attached hydrogen (secondary N) is 1. The molecule has 1 fully saturated rings. The molecule has 0 amide bonds. The summed E-state index contributed by atoms with van der Waals surface area (Å²) in [5.41, 5.74) is 5.33. The van der Waals surface area contributed by atoms with Gasteiger partial charge in [-0.2, -0.15) is 0 Å². The van der Waals surface area contributed by atoms with Crippen molar-refractivity contribution in [1.82, 2.24) is 4.72 Å². The van der Waals surface area contributed by atoms with E-state index in [9.17, 15) is 21.2 Å². The maximum atomic E-state index is 13.4. The average Bonchev–Trinajstić information content (AvgIpc) is 2.73. The number of nitrogens with two attached hydrogens (primary N) is 1. The maximum Gasteiger partial charge on any atom is 0.240 e. The summed E-state index contributed by atoms with van der Waals surface area (Å²) in [6.07, 6.45) is 0.440. The Morgan fingerprint density at radius 3 is 2.62 bits per heavy atom. The fourth-order valence-electron chi connectivity index (χ4n) is 2.26. The first-order valence-electron chi connectivity index (χ1n) is 6.36. The smallest absolute Gasteiger partial charge is 0.240 e. The third-order valence-electron chi connectivity index (χ3n) is 3.46. The van der Waals surface area contributed by atoms with Crippen molar-refractivity contribution in [3.8, 4) is 0 Å². The third-order valence-corrected chi connectivity index (χ3v) is 6.70. The highest BCUT2D eigenvalue weighted by Crippen LogP contribution is 2.22. The van der Waals surface area contributed by atoms with Gasteiger partial charge in [-0.25, -0.2) is 25.9 Å². The lowest BCUT2D eigenvalue weighted by molar-refractivity contribution is 0.543. The molecule has 1 atom stereocenters. The molecule has 0 bridgehead atoms. The van der Waals surface area contributed by atoms with Crippen molar-refractivity contribution in [2.24, 2.45) is 5.92 Å². The van der Waals surface area contributed by atoms with Crippen molar-refractivity contribution in [3.05, 3.63) is 23.5 Å². The van der Waals surface area contributed by atoms with Gasteiger partial charge in [-0.05, 0) is 37.0 Å². The number of aryl methyl sites for hydroxylation is 1. The summed E-state index contributed by atoms with van der Waals surface area (Å²) in [5, 5.41) is 0. The molecule has 1 aliphatic heterocycles. The molecule has 6 nitrogen and oxygen atoms in total. The molecule has 1 aliphatic rings. The SMILES string of the molecule is Cc1cc(S(=O)(=O)NCC2CCS(=O)(=O)C2)cc(N)c1F. The number of anilines is 1. The molecule has 1 aromatic carbocycles. The van der Waals surface area contributed by atoms with Gasteiger partial charge in [0.15, 0.2) is 9.84 Å². The highest BCUT2D eigenvalue weighted by atomic mass is 32.2. The molecule has 3 N–H and O–H groups in total. The molecule has 9 heteroatoms. The van der Waals surface area contributed by atoms with Crippen LogP contribution in [0.2, 0.25) is 0 Å². The summed E-state index contributed by atoms with van der Waals surface area (Å²) in [6, 6.07) is 2.25. The molecule has 0 radical (unpaired) electrons.